The predicted octanol–water partition coefficient (Wildman–Crippen LogP) is 3.62. The molecule has 0 radical (unpaired) electrons. The third kappa shape index (κ3) is 4.02. The normalized spacial score (nSPS) is 10.3. The summed E-state index contributed by atoms with van der Waals surface area (Å²) in [7, 11) is 0. The van der Waals surface area contributed by atoms with Gasteiger partial charge < -0.3 is 4.90 Å². The third-order valence-electron chi connectivity index (χ3n) is 2.84. The maximum atomic E-state index is 12.4. The first-order valence-electron chi connectivity index (χ1n) is 6.24. The zero-order chi connectivity index (χ0) is 14.4. The summed E-state index contributed by atoms with van der Waals surface area (Å²) < 4.78 is 0.582. The summed E-state index contributed by atoms with van der Waals surface area (Å²) in [6.45, 7) is 5.22. The van der Waals surface area contributed by atoms with E-state index in [2.05, 4.69) is 22.9 Å². The Kier molecular flexibility index (Phi) is 5.95. The molecule has 0 atom stereocenters. The van der Waals surface area contributed by atoms with Crippen LogP contribution in [-0.2, 0) is 0 Å². The van der Waals surface area contributed by atoms with Crippen molar-refractivity contribution in [2.45, 2.75) is 26.7 Å². The van der Waals surface area contributed by atoms with Crippen LogP contribution in [-0.4, -0.2) is 28.8 Å². The Balaban J connectivity index is 3.02. The van der Waals surface area contributed by atoms with Crippen LogP contribution in [0.15, 0.2) is 22.7 Å². The van der Waals surface area contributed by atoms with Gasteiger partial charge in [0.05, 0.1) is 10.5 Å². The van der Waals surface area contributed by atoms with Crippen LogP contribution in [0.3, 0.4) is 0 Å². The zero-order valence-corrected chi connectivity index (χ0v) is 12.6. The van der Waals surface area contributed by atoms with Crippen molar-refractivity contribution in [3.05, 3.63) is 38.3 Å². The van der Waals surface area contributed by atoms with E-state index in [0.29, 0.717) is 23.1 Å². The Morgan fingerprint density at radius 1 is 1.42 bits per heavy atom. The third-order valence-corrected chi connectivity index (χ3v) is 3.53. The minimum Gasteiger partial charge on any atom is -0.339 e. The number of hydrogen-bond donors (Lipinski definition) is 0. The second kappa shape index (κ2) is 7.23. The number of amides is 1. The van der Waals surface area contributed by atoms with Crippen LogP contribution in [0, 0.1) is 10.1 Å². The lowest BCUT2D eigenvalue weighted by molar-refractivity contribution is -0.384. The van der Waals surface area contributed by atoms with Crippen molar-refractivity contribution in [3.8, 4) is 0 Å². The van der Waals surface area contributed by atoms with Crippen LogP contribution in [0.1, 0.15) is 37.0 Å². The number of unbranched alkanes of at least 4 members (excludes halogenated alkanes) is 1. The van der Waals surface area contributed by atoms with E-state index in [9.17, 15) is 14.9 Å². The van der Waals surface area contributed by atoms with Gasteiger partial charge in [0.15, 0.2) is 0 Å². The van der Waals surface area contributed by atoms with Gasteiger partial charge in [-0.3, -0.25) is 14.9 Å². The molecular formula is C13H17BrN2O3. The van der Waals surface area contributed by atoms with Crippen molar-refractivity contribution in [3.63, 3.8) is 0 Å². The second-order valence-electron chi connectivity index (χ2n) is 4.16. The van der Waals surface area contributed by atoms with Gasteiger partial charge in [0, 0.05) is 29.7 Å². The number of nitrogens with zero attached hydrogens (tertiary/aromatic N) is 2. The molecule has 0 unspecified atom stereocenters. The smallest absolute Gasteiger partial charge is 0.270 e. The number of carbonyl (C=O) groups is 1. The van der Waals surface area contributed by atoms with E-state index >= 15 is 0 Å². The lowest BCUT2D eigenvalue weighted by Crippen LogP contribution is -2.32. The van der Waals surface area contributed by atoms with Crippen LogP contribution < -0.4 is 0 Å². The van der Waals surface area contributed by atoms with Gasteiger partial charge >= 0.3 is 0 Å². The first kappa shape index (κ1) is 15.6. The number of halogens is 1. The molecule has 1 amide bonds. The van der Waals surface area contributed by atoms with Gasteiger partial charge in [-0.25, -0.2) is 0 Å². The molecule has 0 N–H and O–H groups in total. The maximum absolute atomic E-state index is 12.4. The van der Waals surface area contributed by atoms with Gasteiger partial charge in [-0.1, -0.05) is 13.3 Å². The van der Waals surface area contributed by atoms with E-state index in [1.54, 1.807) is 11.0 Å². The van der Waals surface area contributed by atoms with E-state index < -0.39 is 4.92 Å². The van der Waals surface area contributed by atoms with Gasteiger partial charge in [0.25, 0.3) is 11.6 Å². The largest absolute Gasteiger partial charge is 0.339 e. The molecule has 0 aliphatic heterocycles. The lowest BCUT2D eigenvalue weighted by atomic mass is 10.1. The zero-order valence-electron chi connectivity index (χ0n) is 11.1. The molecule has 0 fully saturated rings. The lowest BCUT2D eigenvalue weighted by Gasteiger charge is -2.21. The van der Waals surface area contributed by atoms with Crippen LogP contribution in [0.5, 0.6) is 0 Å². The molecule has 1 aromatic rings. The van der Waals surface area contributed by atoms with E-state index in [4.69, 9.17) is 0 Å². The molecule has 0 bridgehead atoms. The molecule has 0 aliphatic rings. The standard InChI is InChI=1S/C13H17BrN2O3/c1-3-5-8-15(4-2)13(17)11-9-10(16(18)19)6-7-12(11)14/h6-7,9H,3-5,8H2,1-2H3. The van der Waals surface area contributed by atoms with Crippen LogP contribution >= 0.6 is 15.9 Å². The minimum atomic E-state index is -0.494. The van der Waals surface area contributed by atoms with Crippen molar-refractivity contribution in [1.29, 1.82) is 0 Å². The Labute approximate surface area is 120 Å². The number of non-ortho nitro benzene ring substituents is 1. The first-order valence-corrected chi connectivity index (χ1v) is 7.03. The fourth-order valence-corrected chi connectivity index (χ4v) is 2.13. The topological polar surface area (TPSA) is 63.5 Å². The summed E-state index contributed by atoms with van der Waals surface area (Å²) in [5.41, 5.74) is 0.269. The Morgan fingerprint density at radius 3 is 2.63 bits per heavy atom. The van der Waals surface area contributed by atoms with Crippen LogP contribution in [0.25, 0.3) is 0 Å². The summed E-state index contributed by atoms with van der Waals surface area (Å²) in [6, 6.07) is 4.24. The molecule has 0 spiro atoms. The van der Waals surface area contributed by atoms with E-state index in [0.717, 1.165) is 12.8 Å². The van der Waals surface area contributed by atoms with E-state index in [1.807, 2.05) is 6.92 Å². The van der Waals surface area contributed by atoms with Gasteiger partial charge in [-0.15, -0.1) is 0 Å². The summed E-state index contributed by atoms with van der Waals surface area (Å²) in [5.74, 6) is -0.175. The predicted molar refractivity (Wildman–Crippen MR) is 77.3 cm³/mol. The summed E-state index contributed by atoms with van der Waals surface area (Å²) in [4.78, 5) is 24.3. The molecule has 104 valence electrons. The quantitative estimate of drug-likeness (QED) is 0.591. The number of rotatable bonds is 6. The maximum Gasteiger partial charge on any atom is 0.270 e. The molecule has 0 aromatic heterocycles. The molecule has 0 heterocycles. The highest BCUT2D eigenvalue weighted by atomic mass is 79.9. The average Bonchev–Trinajstić information content (AvgIpc) is 2.39. The number of benzene rings is 1. The SMILES string of the molecule is CCCCN(CC)C(=O)c1cc([N+](=O)[O-])ccc1Br. The Morgan fingerprint density at radius 2 is 2.11 bits per heavy atom. The fraction of sp³-hybridized carbons (Fsp3) is 0.462. The number of nitro benzene ring substituents is 1. The number of hydrogen-bond acceptors (Lipinski definition) is 3. The molecule has 1 aromatic carbocycles. The molecule has 19 heavy (non-hydrogen) atoms. The molecule has 5 nitrogen and oxygen atoms in total. The monoisotopic (exact) mass is 328 g/mol. The molecule has 0 saturated carbocycles. The van der Waals surface area contributed by atoms with Gasteiger partial charge in [0.2, 0.25) is 0 Å². The average molecular weight is 329 g/mol. The van der Waals surface area contributed by atoms with E-state index in [1.165, 1.54) is 12.1 Å². The van der Waals surface area contributed by atoms with Crippen LogP contribution in [0.2, 0.25) is 0 Å². The summed E-state index contributed by atoms with van der Waals surface area (Å²) >= 11 is 3.28. The number of carbonyl (C=O) groups excluding carboxylic acids is 1. The van der Waals surface area contributed by atoms with Crippen molar-refractivity contribution in [2.24, 2.45) is 0 Å². The molecule has 1 rings (SSSR count). The van der Waals surface area contributed by atoms with E-state index in [-0.39, 0.29) is 11.6 Å². The van der Waals surface area contributed by atoms with Crippen molar-refractivity contribution >= 4 is 27.5 Å². The first-order chi connectivity index (χ1) is 9.01. The van der Waals surface area contributed by atoms with Crippen LogP contribution in [0.4, 0.5) is 5.69 Å². The fourth-order valence-electron chi connectivity index (χ4n) is 1.71. The Bertz CT molecular complexity index is 477. The highest BCUT2D eigenvalue weighted by molar-refractivity contribution is 9.10. The second-order valence-corrected chi connectivity index (χ2v) is 5.01. The molecule has 0 aliphatic carbocycles. The van der Waals surface area contributed by atoms with Gasteiger partial charge in [-0.2, -0.15) is 0 Å². The summed E-state index contributed by atoms with van der Waals surface area (Å²) in [6.07, 6.45) is 1.92. The highest BCUT2D eigenvalue weighted by Gasteiger charge is 2.19. The van der Waals surface area contributed by atoms with Crippen molar-refractivity contribution in [1.82, 2.24) is 4.90 Å². The number of nitro groups is 1. The van der Waals surface area contributed by atoms with Crippen molar-refractivity contribution in [2.75, 3.05) is 13.1 Å². The Hall–Kier alpha value is -1.43. The minimum absolute atomic E-state index is 0.0712. The highest BCUT2D eigenvalue weighted by Crippen LogP contribution is 2.24. The summed E-state index contributed by atoms with van der Waals surface area (Å²) in [5, 5.41) is 10.8. The molecular weight excluding hydrogens is 312 g/mol. The molecule has 6 heteroatoms. The van der Waals surface area contributed by atoms with Gasteiger partial charge in [0.1, 0.15) is 0 Å². The van der Waals surface area contributed by atoms with Crippen molar-refractivity contribution < 1.29 is 9.72 Å². The molecule has 0 saturated heterocycles. The van der Waals surface area contributed by atoms with Gasteiger partial charge in [-0.05, 0) is 35.3 Å².